The van der Waals surface area contributed by atoms with Gasteiger partial charge >= 0.3 is 12.0 Å². The molecule has 0 bridgehead atoms. The molecular weight excluding hydrogens is 256 g/mol. The van der Waals surface area contributed by atoms with Crippen molar-refractivity contribution in [3.8, 4) is 0 Å². The molecule has 1 atom stereocenters. The highest BCUT2D eigenvalue weighted by Gasteiger charge is 2.16. The van der Waals surface area contributed by atoms with Crippen molar-refractivity contribution in [1.29, 1.82) is 0 Å². The minimum Gasteiger partial charge on any atom is -0.480 e. The highest BCUT2D eigenvalue weighted by molar-refractivity contribution is 6.31. The smallest absolute Gasteiger partial charge is 0.323 e. The molecule has 0 fully saturated rings. The van der Waals surface area contributed by atoms with Gasteiger partial charge in [-0.15, -0.1) is 0 Å². The first-order chi connectivity index (χ1) is 8.41. The van der Waals surface area contributed by atoms with Gasteiger partial charge in [-0.3, -0.25) is 4.79 Å². The van der Waals surface area contributed by atoms with E-state index in [0.29, 0.717) is 5.02 Å². The Morgan fingerprint density at radius 1 is 1.44 bits per heavy atom. The van der Waals surface area contributed by atoms with Crippen molar-refractivity contribution in [1.82, 2.24) is 10.2 Å². The Labute approximate surface area is 110 Å². The van der Waals surface area contributed by atoms with E-state index < -0.39 is 12.0 Å². The number of amides is 2. The number of hydrogen-bond donors (Lipinski definition) is 2. The maximum Gasteiger partial charge on any atom is 0.323 e. The number of carbonyl (C=O) groups excluding carboxylic acids is 1. The molecule has 1 aromatic rings. The highest BCUT2D eigenvalue weighted by atomic mass is 35.5. The largest absolute Gasteiger partial charge is 0.480 e. The third-order valence-electron chi connectivity index (χ3n) is 2.43. The van der Waals surface area contributed by atoms with Crippen LogP contribution in [0.15, 0.2) is 24.3 Å². The minimum absolute atomic E-state index is 0.289. The number of benzene rings is 1. The van der Waals surface area contributed by atoms with Gasteiger partial charge in [0.2, 0.25) is 0 Å². The summed E-state index contributed by atoms with van der Waals surface area (Å²) in [5.74, 6) is -1.06. The van der Waals surface area contributed by atoms with Crippen LogP contribution >= 0.6 is 11.6 Å². The lowest BCUT2D eigenvalue weighted by molar-refractivity contribution is -0.137. The van der Waals surface area contributed by atoms with Crippen molar-refractivity contribution in [2.24, 2.45) is 0 Å². The predicted octanol–water partition coefficient (Wildman–Crippen LogP) is 2.13. The molecule has 98 valence electrons. The van der Waals surface area contributed by atoms with E-state index in [1.165, 1.54) is 7.05 Å². The predicted molar refractivity (Wildman–Crippen MR) is 68.7 cm³/mol. The zero-order valence-corrected chi connectivity index (χ0v) is 10.9. The molecule has 0 spiro atoms. The lowest BCUT2D eigenvalue weighted by atomic mass is 10.1. The van der Waals surface area contributed by atoms with Crippen LogP contribution < -0.4 is 5.32 Å². The molecule has 0 saturated heterocycles. The molecule has 0 aliphatic rings. The molecule has 1 aromatic carbocycles. The quantitative estimate of drug-likeness (QED) is 0.880. The van der Waals surface area contributed by atoms with Crippen molar-refractivity contribution in [2.45, 2.75) is 13.0 Å². The number of halogens is 1. The lowest BCUT2D eigenvalue weighted by Crippen LogP contribution is -2.41. The molecule has 0 aliphatic heterocycles. The van der Waals surface area contributed by atoms with Crippen LogP contribution in [0.1, 0.15) is 18.5 Å². The van der Waals surface area contributed by atoms with Crippen LogP contribution in [0.3, 0.4) is 0 Å². The number of carbonyl (C=O) groups is 2. The third kappa shape index (κ3) is 3.92. The first-order valence-corrected chi connectivity index (χ1v) is 5.77. The van der Waals surface area contributed by atoms with Crippen LogP contribution in [0.2, 0.25) is 5.02 Å². The van der Waals surface area contributed by atoms with E-state index in [2.05, 4.69) is 5.32 Å². The van der Waals surface area contributed by atoms with Gasteiger partial charge in [-0.1, -0.05) is 29.8 Å². The second-order valence-corrected chi connectivity index (χ2v) is 4.35. The topological polar surface area (TPSA) is 69.6 Å². The number of aliphatic carboxylic acids is 1. The van der Waals surface area contributed by atoms with Crippen LogP contribution in [-0.2, 0) is 4.79 Å². The Hall–Kier alpha value is -1.75. The van der Waals surface area contributed by atoms with E-state index in [9.17, 15) is 9.59 Å². The van der Waals surface area contributed by atoms with Crippen LogP contribution in [0.4, 0.5) is 4.79 Å². The summed E-state index contributed by atoms with van der Waals surface area (Å²) in [7, 11) is 1.42. The van der Waals surface area contributed by atoms with Gasteiger partial charge in [0.25, 0.3) is 0 Å². The van der Waals surface area contributed by atoms with Crippen LogP contribution in [0.5, 0.6) is 0 Å². The molecule has 2 amide bonds. The Morgan fingerprint density at radius 3 is 2.61 bits per heavy atom. The van der Waals surface area contributed by atoms with E-state index in [4.69, 9.17) is 16.7 Å². The van der Waals surface area contributed by atoms with E-state index in [1.54, 1.807) is 19.1 Å². The molecule has 0 saturated carbocycles. The molecule has 2 N–H and O–H groups in total. The number of urea groups is 1. The molecule has 0 aliphatic carbocycles. The van der Waals surface area contributed by atoms with Gasteiger partial charge in [-0.25, -0.2) is 4.79 Å². The fourth-order valence-corrected chi connectivity index (χ4v) is 1.77. The normalized spacial score (nSPS) is 11.7. The molecule has 0 radical (unpaired) electrons. The first kappa shape index (κ1) is 14.3. The van der Waals surface area contributed by atoms with Gasteiger partial charge in [0.1, 0.15) is 6.54 Å². The van der Waals surface area contributed by atoms with Gasteiger partial charge in [-0.05, 0) is 18.6 Å². The summed E-state index contributed by atoms with van der Waals surface area (Å²) in [5.41, 5.74) is 0.788. The Bertz CT molecular complexity index is 451. The van der Waals surface area contributed by atoms with Crippen LogP contribution in [0.25, 0.3) is 0 Å². The van der Waals surface area contributed by atoms with Crippen molar-refractivity contribution in [3.05, 3.63) is 34.9 Å². The number of hydrogen-bond acceptors (Lipinski definition) is 2. The van der Waals surface area contributed by atoms with Gasteiger partial charge in [0.05, 0.1) is 6.04 Å². The molecule has 1 rings (SSSR count). The summed E-state index contributed by atoms with van der Waals surface area (Å²) in [4.78, 5) is 23.3. The maximum atomic E-state index is 11.7. The number of rotatable bonds is 4. The average molecular weight is 271 g/mol. The van der Waals surface area contributed by atoms with Crippen LogP contribution in [-0.4, -0.2) is 35.6 Å². The standard InChI is InChI=1S/C12H15ClN2O3/c1-8(9-5-3-4-6-10(9)13)14-12(18)15(2)7-11(16)17/h3-6,8H,7H2,1-2H3,(H,14,18)(H,16,17). The lowest BCUT2D eigenvalue weighted by Gasteiger charge is -2.20. The monoisotopic (exact) mass is 270 g/mol. The Balaban J connectivity index is 2.65. The molecule has 18 heavy (non-hydrogen) atoms. The van der Waals surface area contributed by atoms with Crippen molar-refractivity contribution in [3.63, 3.8) is 0 Å². The zero-order chi connectivity index (χ0) is 13.7. The van der Waals surface area contributed by atoms with Gasteiger partial charge in [0, 0.05) is 12.1 Å². The summed E-state index contributed by atoms with van der Waals surface area (Å²) in [6.07, 6.45) is 0. The van der Waals surface area contributed by atoms with Gasteiger partial charge < -0.3 is 15.3 Å². The molecule has 1 unspecified atom stereocenters. The summed E-state index contributed by atoms with van der Waals surface area (Å²) in [5, 5.41) is 11.8. The maximum absolute atomic E-state index is 11.7. The van der Waals surface area contributed by atoms with Gasteiger partial charge in [-0.2, -0.15) is 0 Å². The molecule has 0 aromatic heterocycles. The summed E-state index contributed by atoms with van der Waals surface area (Å²) >= 11 is 6.01. The summed E-state index contributed by atoms with van der Waals surface area (Å²) in [6.45, 7) is 1.44. The van der Waals surface area contributed by atoms with Crippen molar-refractivity contribution in [2.75, 3.05) is 13.6 Å². The number of nitrogens with one attached hydrogen (secondary N) is 1. The molecular formula is C12H15ClN2O3. The third-order valence-corrected chi connectivity index (χ3v) is 2.78. The van der Waals surface area contributed by atoms with E-state index in [1.807, 2.05) is 12.1 Å². The second-order valence-electron chi connectivity index (χ2n) is 3.94. The van der Waals surface area contributed by atoms with E-state index >= 15 is 0 Å². The minimum atomic E-state index is -1.06. The second kappa shape index (κ2) is 6.26. The Kier molecular flexibility index (Phi) is 4.97. The van der Waals surface area contributed by atoms with Crippen LogP contribution in [0, 0.1) is 0 Å². The van der Waals surface area contributed by atoms with Crippen molar-refractivity contribution < 1.29 is 14.7 Å². The van der Waals surface area contributed by atoms with E-state index in [-0.39, 0.29) is 12.6 Å². The fourth-order valence-electron chi connectivity index (χ4n) is 1.47. The number of nitrogens with zero attached hydrogens (tertiary/aromatic N) is 1. The Morgan fingerprint density at radius 2 is 2.06 bits per heavy atom. The number of carboxylic acid groups (broad SMARTS) is 1. The molecule has 0 heterocycles. The van der Waals surface area contributed by atoms with Crippen molar-refractivity contribution >= 4 is 23.6 Å². The van der Waals surface area contributed by atoms with E-state index in [0.717, 1.165) is 10.5 Å². The first-order valence-electron chi connectivity index (χ1n) is 5.39. The highest BCUT2D eigenvalue weighted by Crippen LogP contribution is 2.22. The SMILES string of the molecule is CC(NC(=O)N(C)CC(=O)O)c1ccccc1Cl. The van der Waals surface area contributed by atoms with Gasteiger partial charge in [0.15, 0.2) is 0 Å². The molecule has 6 heteroatoms. The summed E-state index contributed by atoms with van der Waals surface area (Å²) < 4.78 is 0. The number of likely N-dealkylation sites (N-methyl/N-ethyl adjacent to an activating group) is 1. The molecule has 5 nitrogen and oxygen atoms in total. The average Bonchev–Trinajstić information content (AvgIpc) is 2.28. The number of carboxylic acids is 1. The fraction of sp³-hybridized carbons (Fsp3) is 0.333. The zero-order valence-electron chi connectivity index (χ0n) is 10.2. The summed E-state index contributed by atoms with van der Waals surface area (Å²) in [6, 6.07) is 6.43.